The number of carbonyl (C=O) groups excluding carboxylic acids is 1. The molecule has 2 rings (SSSR count). The van der Waals surface area contributed by atoms with Crippen LogP contribution in [-0.2, 0) is 5.75 Å². The largest absolute Gasteiger partial charge is 0.352 e. The summed E-state index contributed by atoms with van der Waals surface area (Å²) in [7, 11) is 0. The summed E-state index contributed by atoms with van der Waals surface area (Å²) in [5.74, 6) is 1.09. The van der Waals surface area contributed by atoms with Gasteiger partial charge in [-0.2, -0.15) is 0 Å². The molecule has 3 nitrogen and oxygen atoms in total. The number of aromatic nitrogens is 1. The van der Waals surface area contributed by atoms with Crippen LogP contribution in [0.4, 0.5) is 0 Å². The Morgan fingerprint density at radius 1 is 1.33 bits per heavy atom. The summed E-state index contributed by atoms with van der Waals surface area (Å²) in [6, 6.07) is 11.7. The van der Waals surface area contributed by atoms with Crippen molar-refractivity contribution in [3.63, 3.8) is 0 Å². The highest BCUT2D eigenvalue weighted by atomic mass is 32.2. The molecule has 0 radical (unpaired) electrons. The number of nitrogens with zero attached hydrogens (tertiary/aromatic N) is 1. The van der Waals surface area contributed by atoms with Crippen molar-refractivity contribution in [3.8, 4) is 0 Å². The average Bonchev–Trinajstić information content (AvgIpc) is 2.76. The van der Waals surface area contributed by atoms with Crippen LogP contribution in [0.15, 0.2) is 45.9 Å². The standard InChI is InChI=1S/C11H9NO2S/c13-7-10-6-11(12-14-10)15-8-9-4-2-1-3-5-9/h1-7H,8H2. The first-order valence-corrected chi connectivity index (χ1v) is 5.45. The Morgan fingerprint density at radius 3 is 2.80 bits per heavy atom. The highest BCUT2D eigenvalue weighted by molar-refractivity contribution is 7.98. The summed E-state index contributed by atoms with van der Waals surface area (Å²) in [4.78, 5) is 10.4. The van der Waals surface area contributed by atoms with Crippen molar-refractivity contribution in [2.45, 2.75) is 10.8 Å². The molecule has 0 aliphatic carbocycles. The maximum absolute atomic E-state index is 10.4. The molecule has 0 amide bonds. The number of thioether (sulfide) groups is 1. The van der Waals surface area contributed by atoms with Crippen molar-refractivity contribution in [2.24, 2.45) is 0 Å². The number of benzene rings is 1. The highest BCUT2D eigenvalue weighted by Crippen LogP contribution is 2.21. The van der Waals surface area contributed by atoms with E-state index in [4.69, 9.17) is 4.52 Å². The first-order valence-electron chi connectivity index (χ1n) is 4.47. The van der Waals surface area contributed by atoms with E-state index in [9.17, 15) is 4.79 Å². The minimum absolute atomic E-state index is 0.269. The van der Waals surface area contributed by atoms with Gasteiger partial charge < -0.3 is 4.52 Å². The Labute approximate surface area is 91.5 Å². The first kappa shape index (κ1) is 9.98. The van der Waals surface area contributed by atoms with Gasteiger partial charge in [0.25, 0.3) is 0 Å². The van der Waals surface area contributed by atoms with Crippen LogP contribution in [0.1, 0.15) is 16.1 Å². The second kappa shape index (κ2) is 4.79. The van der Waals surface area contributed by atoms with Gasteiger partial charge in [-0.3, -0.25) is 4.79 Å². The lowest BCUT2D eigenvalue weighted by atomic mass is 10.2. The Bertz CT molecular complexity index is 439. The molecule has 15 heavy (non-hydrogen) atoms. The van der Waals surface area contributed by atoms with Gasteiger partial charge in [-0.15, -0.1) is 0 Å². The summed E-state index contributed by atoms with van der Waals surface area (Å²) in [5.41, 5.74) is 1.22. The topological polar surface area (TPSA) is 43.1 Å². The highest BCUT2D eigenvalue weighted by Gasteiger charge is 2.03. The van der Waals surface area contributed by atoms with Gasteiger partial charge in [0.05, 0.1) is 0 Å². The lowest BCUT2D eigenvalue weighted by Gasteiger charge is -1.96. The monoisotopic (exact) mass is 219 g/mol. The fourth-order valence-electron chi connectivity index (χ4n) is 1.13. The van der Waals surface area contributed by atoms with Crippen LogP contribution < -0.4 is 0 Å². The minimum atomic E-state index is 0.269. The van der Waals surface area contributed by atoms with E-state index >= 15 is 0 Å². The molecule has 0 unspecified atom stereocenters. The lowest BCUT2D eigenvalue weighted by Crippen LogP contribution is -1.78. The molecule has 0 bridgehead atoms. The molecule has 1 heterocycles. The summed E-state index contributed by atoms with van der Waals surface area (Å²) in [6.07, 6.45) is 0.652. The van der Waals surface area contributed by atoms with E-state index in [1.807, 2.05) is 30.3 Å². The summed E-state index contributed by atoms with van der Waals surface area (Å²) in [6.45, 7) is 0. The van der Waals surface area contributed by atoms with E-state index in [2.05, 4.69) is 5.16 Å². The van der Waals surface area contributed by atoms with Gasteiger partial charge in [0.1, 0.15) is 5.03 Å². The number of rotatable bonds is 4. The fourth-order valence-corrected chi connectivity index (χ4v) is 1.92. The van der Waals surface area contributed by atoms with Gasteiger partial charge in [-0.1, -0.05) is 47.3 Å². The van der Waals surface area contributed by atoms with Crippen LogP contribution in [0.3, 0.4) is 0 Å². The molecule has 0 N–H and O–H groups in total. The Balaban J connectivity index is 1.96. The van der Waals surface area contributed by atoms with E-state index in [0.717, 1.165) is 10.8 Å². The second-order valence-corrected chi connectivity index (χ2v) is 3.96. The SMILES string of the molecule is O=Cc1cc(SCc2ccccc2)no1. The van der Waals surface area contributed by atoms with Crippen molar-refractivity contribution in [2.75, 3.05) is 0 Å². The normalized spacial score (nSPS) is 10.1. The molecule has 0 atom stereocenters. The number of aldehydes is 1. The minimum Gasteiger partial charge on any atom is -0.352 e. The van der Waals surface area contributed by atoms with Crippen LogP contribution >= 0.6 is 11.8 Å². The fraction of sp³-hybridized carbons (Fsp3) is 0.0909. The molecule has 0 fully saturated rings. The second-order valence-electron chi connectivity index (χ2n) is 2.96. The van der Waals surface area contributed by atoms with E-state index < -0.39 is 0 Å². The van der Waals surface area contributed by atoms with Gasteiger partial charge in [-0.25, -0.2) is 0 Å². The van der Waals surface area contributed by atoms with Gasteiger partial charge in [0, 0.05) is 11.8 Å². The van der Waals surface area contributed by atoms with Gasteiger partial charge in [0.2, 0.25) is 0 Å². The third-order valence-electron chi connectivity index (χ3n) is 1.85. The number of hydrogen-bond donors (Lipinski definition) is 0. The molecule has 1 aromatic heterocycles. The zero-order chi connectivity index (χ0) is 10.5. The zero-order valence-electron chi connectivity index (χ0n) is 7.92. The summed E-state index contributed by atoms with van der Waals surface area (Å²) in [5, 5.41) is 4.50. The van der Waals surface area contributed by atoms with Crippen molar-refractivity contribution >= 4 is 18.0 Å². The maximum Gasteiger partial charge on any atom is 0.200 e. The maximum atomic E-state index is 10.4. The molecular formula is C11H9NO2S. The van der Waals surface area contributed by atoms with E-state index in [1.165, 1.54) is 5.56 Å². The Kier molecular flexibility index (Phi) is 3.19. The molecule has 0 saturated heterocycles. The van der Waals surface area contributed by atoms with Gasteiger partial charge >= 0.3 is 0 Å². The first-order chi connectivity index (χ1) is 7.38. The molecule has 0 aliphatic heterocycles. The van der Waals surface area contributed by atoms with Crippen molar-refractivity contribution in [1.29, 1.82) is 0 Å². The van der Waals surface area contributed by atoms with Gasteiger partial charge in [0.15, 0.2) is 12.0 Å². The summed E-state index contributed by atoms with van der Waals surface area (Å²) < 4.78 is 4.76. The average molecular weight is 219 g/mol. The third kappa shape index (κ3) is 2.70. The number of carbonyl (C=O) groups is 1. The predicted octanol–water partition coefficient (Wildman–Crippen LogP) is 2.78. The molecule has 0 saturated carbocycles. The van der Waals surface area contributed by atoms with E-state index in [0.29, 0.717) is 6.29 Å². The van der Waals surface area contributed by atoms with Crippen LogP contribution in [0.5, 0.6) is 0 Å². The Hall–Kier alpha value is -1.55. The molecule has 76 valence electrons. The van der Waals surface area contributed by atoms with Crippen LogP contribution in [0.25, 0.3) is 0 Å². The van der Waals surface area contributed by atoms with Crippen molar-refractivity contribution in [1.82, 2.24) is 5.16 Å². The smallest absolute Gasteiger partial charge is 0.200 e. The molecular weight excluding hydrogens is 210 g/mol. The zero-order valence-corrected chi connectivity index (χ0v) is 8.74. The van der Waals surface area contributed by atoms with Crippen molar-refractivity contribution in [3.05, 3.63) is 47.7 Å². The van der Waals surface area contributed by atoms with E-state index in [-0.39, 0.29) is 5.76 Å². The molecule has 0 aliphatic rings. The molecule has 0 spiro atoms. The van der Waals surface area contributed by atoms with Crippen LogP contribution in [-0.4, -0.2) is 11.4 Å². The third-order valence-corrected chi connectivity index (χ3v) is 2.82. The predicted molar refractivity (Wildman–Crippen MR) is 57.9 cm³/mol. The quantitative estimate of drug-likeness (QED) is 0.585. The lowest BCUT2D eigenvalue weighted by molar-refractivity contribution is 0.109. The Morgan fingerprint density at radius 2 is 2.13 bits per heavy atom. The molecule has 1 aromatic carbocycles. The van der Waals surface area contributed by atoms with E-state index in [1.54, 1.807) is 17.8 Å². The van der Waals surface area contributed by atoms with Crippen molar-refractivity contribution < 1.29 is 9.32 Å². The number of hydrogen-bond acceptors (Lipinski definition) is 4. The van der Waals surface area contributed by atoms with Gasteiger partial charge in [-0.05, 0) is 5.56 Å². The summed E-state index contributed by atoms with van der Waals surface area (Å²) >= 11 is 1.55. The molecule has 2 aromatic rings. The molecule has 4 heteroatoms. The van der Waals surface area contributed by atoms with Crippen LogP contribution in [0, 0.1) is 0 Å². The van der Waals surface area contributed by atoms with Crippen LogP contribution in [0.2, 0.25) is 0 Å².